The zero-order chi connectivity index (χ0) is 25.3. The van der Waals surface area contributed by atoms with Crippen LogP contribution < -0.4 is 4.90 Å². The summed E-state index contributed by atoms with van der Waals surface area (Å²) in [6, 6.07) is 8.73. The molecule has 1 aromatic heterocycles. The number of piperazine rings is 1. The summed E-state index contributed by atoms with van der Waals surface area (Å²) in [7, 11) is 0. The third-order valence-corrected chi connectivity index (χ3v) is 6.19. The molecule has 10 heteroatoms. The van der Waals surface area contributed by atoms with Crippen molar-refractivity contribution >= 4 is 29.5 Å². The van der Waals surface area contributed by atoms with Crippen molar-refractivity contribution in [3.63, 3.8) is 0 Å². The molecular formula is C25H32ClN5O4. The molecule has 1 saturated heterocycles. The van der Waals surface area contributed by atoms with Gasteiger partial charge in [-0.25, -0.2) is 19.6 Å². The highest BCUT2D eigenvalue weighted by atomic mass is 35.5. The number of ether oxygens (including phenoxy) is 1. The predicted molar refractivity (Wildman–Crippen MR) is 132 cm³/mol. The van der Waals surface area contributed by atoms with E-state index in [-0.39, 0.29) is 23.5 Å². The van der Waals surface area contributed by atoms with Crippen LogP contribution in [0.4, 0.5) is 10.6 Å². The van der Waals surface area contributed by atoms with Crippen molar-refractivity contribution in [1.29, 1.82) is 0 Å². The number of amides is 1. The number of carbonyl (C=O) groups is 2. The van der Waals surface area contributed by atoms with Crippen molar-refractivity contribution in [2.24, 2.45) is 0 Å². The molecule has 9 nitrogen and oxygen atoms in total. The average molecular weight is 502 g/mol. The third kappa shape index (κ3) is 5.85. The van der Waals surface area contributed by atoms with E-state index < -0.39 is 11.6 Å². The van der Waals surface area contributed by atoms with Gasteiger partial charge in [-0.3, -0.25) is 4.90 Å². The second-order valence-corrected chi connectivity index (χ2v) is 10.4. The van der Waals surface area contributed by atoms with Gasteiger partial charge in [-0.15, -0.1) is 5.06 Å². The van der Waals surface area contributed by atoms with Crippen LogP contribution in [0.25, 0.3) is 0 Å². The van der Waals surface area contributed by atoms with Gasteiger partial charge in [0, 0.05) is 25.2 Å². The summed E-state index contributed by atoms with van der Waals surface area (Å²) in [6.45, 7) is 11.6. The predicted octanol–water partition coefficient (Wildman–Crippen LogP) is 4.09. The topological polar surface area (TPSA) is 88.1 Å². The summed E-state index contributed by atoms with van der Waals surface area (Å²) in [6.07, 6.45) is 0.301. The smallest absolute Gasteiger partial charge is 0.410 e. The van der Waals surface area contributed by atoms with Crippen molar-refractivity contribution in [2.75, 3.05) is 24.5 Å². The van der Waals surface area contributed by atoms with Crippen molar-refractivity contribution < 1.29 is 19.2 Å². The number of carbonyl (C=O) groups excluding carboxylic acids is 2. The first-order chi connectivity index (χ1) is 16.5. The van der Waals surface area contributed by atoms with E-state index in [1.807, 2.05) is 40.7 Å². The molecule has 35 heavy (non-hydrogen) atoms. The number of nitrogens with zero attached hydrogens (tertiary/aromatic N) is 5. The Balaban J connectivity index is 1.49. The molecule has 0 aliphatic carbocycles. The van der Waals surface area contributed by atoms with Crippen LogP contribution >= 0.6 is 11.6 Å². The number of fused-ring (bicyclic) bond motifs is 1. The molecule has 4 rings (SSSR count). The van der Waals surface area contributed by atoms with Gasteiger partial charge in [-0.05, 0) is 64.8 Å². The zero-order valence-electron chi connectivity index (χ0n) is 20.8. The van der Waals surface area contributed by atoms with Crippen LogP contribution in [0.15, 0.2) is 30.3 Å². The van der Waals surface area contributed by atoms with E-state index in [1.54, 1.807) is 34.2 Å². The van der Waals surface area contributed by atoms with Gasteiger partial charge >= 0.3 is 12.1 Å². The first kappa shape index (κ1) is 25.2. The van der Waals surface area contributed by atoms with E-state index in [9.17, 15) is 9.59 Å². The van der Waals surface area contributed by atoms with Gasteiger partial charge in [-0.1, -0.05) is 18.2 Å². The molecule has 2 atom stereocenters. The minimum atomic E-state index is -0.553. The molecule has 0 bridgehead atoms. The number of benzene rings is 1. The fourth-order valence-electron chi connectivity index (χ4n) is 4.61. The van der Waals surface area contributed by atoms with E-state index in [2.05, 4.69) is 14.9 Å². The summed E-state index contributed by atoms with van der Waals surface area (Å²) in [5.41, 5.74) is 1.67. The molecule has 2 aliphatic rings. The largest absolute Gasteiger partial charge is 0.444 e. The molecule has 188 valence electrons. The van der Waals surface area contributed by atoms with Crippen molar-refractivity contribution in [3.05, 3.63) is 52.4 Å². The summed E-state index contributed by atoms with van der Waals surface area (Å²) < 4.78 is 5.62. The number of rotatable bonds is 3. The first-order valence-corrected chi connectivity index (χ1v) is 12.2. The number of hydrogen-bond donors (Lipinski definition) is 0. The second kappa shape index (κ2) is 9.99. The lowest BCUT2D eigenvalue weighted by Crippen LogP contribution is -2.60. The van der Waals surface area contributed by atoms with Crippen LogP contribution in [-0.2, 0) is 22.5 Å². The highest BCUT2D eigenvalue weighted by Crippen LogP contribution is 2.31. The minimum absolute atomic E-state index is 0.0788. The Labute approximate surface area is 210 Å². The van der Waals surface area contributed by atoms with E-state index in [1.165, 1.54) is 0 Å². The van der Waals surface area contributed by atoms with Gasteiger partial charge in [0.2, 0.25) is 5.28 Å². The maximum atomic E-state index is 12.8. The molecule has 3 heterocycles. The average Bonchev–Trinajstić information content (AvgIpc) is 2.77. The Morgan fingerprint density at radius 3 is 2.34 bits per heavy atom. The van der Waals surface area contributed by atoms with Gasteiger partial charge < -0.3 is 14.5 Å². The van der Waals surface area contributed by atoms with Crippen LogP contribution in [-0.4, -0.2) is 69.3 Å². The van der Waals surface area contributed by atoms with Gasteiger partial charge in [0.1, 0.15) is 11.4 Å². The lowest BCUT2D eigenvalue weighted by molar-refractivity contribution is -0.120. The number of hydrogen-bond acceptors (Lipinski definition) is 8. The summed E-state index contributed by atoms with van der Waals surface area (Å²) in [4.78, 5) is 43.8. The maximum Gasteiger partial charge on any atom is 0.410 e. The number of halogens is 1. The molecule has 0 radical (unpaired) electrons. The summed E-state index contributed by atoms with van der Waals surface area (Å²) in [5.74, 6) is 0.368. The van der Waals surface area contributed by atoms with E-state index in [4.69, 9.17) is 21.2 Å². The quantitative estimate of drug-likeness (QED) is 0.581. The van der Waals surface area contributed by atoms with Gasteiger partial charge in [-0.2, -0.15) is 0 Å². The Hall–Kier alpha value is -2.91. The van der Waals surface area contributed by atoms with Crippen LogP contribution in [0.2, 0.25) is 5.28 Å². The fourth-order valence-corrected chi connectivity index (χ4v) is 4.79. The van der Waals surface area contributed by atoms with Crippen molar-refractivity contribution in [1.82, 2.24) is 19.9 Å². The maximum absolute atomic E-state index is 12.8. The van der Waals surface area contributed by atoms with Gasteiger partial charge in [0.15, 0.2) is 0 Å². The molecule has 1 amide bonds. The normalized spacial score (nSPS) is 20.9. The number of hydroxylamine groups is 2. The molecule has 1 fully saturated rings. The molecule has 2 aromatic rings. The van der Waals surface area contributed by atoms with Gasteiger partial charge in [0.05, 0.1) is 29.9 Å². The third-order valence-electron chi connectivity index (χ3n) is 6.03. The minimum Gasteiger partial charge on any atom is -0.444 e. The molecule has 0 saturated carbocycles. The fraction of sp³-hybridized carbons (Fsp3) is 0.520. The monoisotopic (exact) mass is 501 g/mol. The van der Waals surface area contributed by atoms with Crippen molar-refractivity contribution in [3.8, 4) is 0 Å². The van der Waals surface area contributed by atoms with Crippen LogP contribution in [0, 0.1) is 0 Å². The van der Waals surface area contributed by atoms with Gasteiger partial charge in [0.25, 0.3) is 0 Å². The second-order valence-electron chi connectivity index (χ2n) is 10.1. The van der Waals surface area contributed by atoms with E-state index in [0.29, 0.717) is 38.2 Å². The lowest BCUT2D eigenvalue weighted by atomic mass is 10.0. The summed E-state index contributed by atoms with van der Waals surface area (Å²) >= 11 is 6.32. The molecule has 0 unspecified atom stereocenters. The van der Waals surface area contributed by atoms with Crippen LogP contribution in [0.3, 0.4) is 0 Å². The number of aromatic nitrogens is 2. The Morgan fingerprint density at radius 2 is 1.71 bits per heavy atom. The first-order valence-electron chi connectivity index (χ1n) is 11.9. The highest BCUT2D eigenvalue weighted by Gasteiger charge is 2.37. The lowest BCUT2D eigenvalue weighted by Gasteiger charge is -2.45. The SMILES string of the molecule is C[C@@H]1CN(c2nc(Cl)nc3c2CCN(OC(=O)c2ccccc2)C3)C[C@H](C)N1C(=O)OC(C)(C)C. The van der Waals surface area contributed by atoms with E-state index in [0.717, 1.165) is 17.1 Å². The highest BCUT2D eigenvalue weighted by molar-refractivity contribution is 6.28. The molecule has 0 spiro atoms. The van der Waals surface area contributed by atoms with Crippen LogP contribution in [0.5, 0.6) is 0 Å². The van der Waals surface area contributed by atoms with Crippen LogP contribution in [0.1, 0.15) is 56.2 Å². The zero-order valence-corrected chi connectivity index (χ0v) is 21.6. The Morgan fingerprint density at radius 1 is 1.06 bits per heavy atom. The standard InChI is InChI=1S/C25H32ClN5O4/c1-16-13-29(14-17(2)31(16)24(33)34-25(3,4)5)21-19-11-12-30(15-20(19)27-23(26)28-21)35-22(32)18-9-7-6-8-10-18/h6-10,16-17H,11-15H2,1-5H3/t16-,17+. The summed E-state index contributed by atoms with van der Waals surface area (Å²) in [5, 5.41) is 1.75. The van der Waals surface area contributed by atoms with E-state index >= 15 is 0 Å². The molecule has 0 N–H and O–H groups in total. The molecule has 1 aromatic carbocycles. The Bertz CT molecular complexity index is 1080. The Kier molecular flexibility index (Phi) is 7.19. The number of anilines is 1. The molecular weight excluding hydrogens is 470 g/mol. The van der Waals surface area contributed by atoms with Crippen molar-refractivity contribution in [2.45, 2.75) is 65.3 Å². The molecule has 2 aliphatic heterocycles.